The number of hydrogen-bond donors (Lipinski definition) is 0. The third kappa shape index (κ3) is 203. The monoisotopic (exact) mass is 189 g/mol. The van der Waals surface area contributed by atoms with Gasteiger partial charge in [-0.2, -0.15) is 0 Å². The molecule has 0 aliphatic rings. The molecule has 5 nitrogen and oxygen atoms in total. The van der Waals surface area contributed by atoms with Crippen LogP contribution in [-0.2, 0) is 52.1 Å². The Kier molecular flexibility index (Phi) is 19400. The van der Waals surface area contributed by atoms with Crippen LogP contribution in [-0.4, -0.2) is 11.0 Å². The molecule has 2 radical (unpaired) electrons. The van der Waals surface area contributed by atoms with Crippen molar-refractivity contribution < 1.29 is 63.0 Å². The Balaban J connectivity index is 0. The van der Waals surface area contributed by atoms with E-state index in [2.05, 4.69) is 0 Å². The van der Waals surface area contributed by atoms with Crippen molar-refractivity contribution in [3.8, 4) is 0 Å². The summed E-state index contributed by atoms with van der Waals surface area (Å²) in [4.78, 5) is 0. The molecule has 0 amide bonds. The summed E-state index contributed by atoms with van der Waals surface area (Å²) in [6, 6.07) is 0. The Morgan fingerprint density at radius 3 is 0.714 bits per heavy atom. The molecule has 0 spiro atoms. The molecule has 0 atom stereocenters. The molecule has 0 saturated carbocycles. The van der Waals surface area contributed by atoms with Crippen LogP contribution >= 0.6 is 0 Å². The van der Waals surface area contributed by atoms with Crippen LogP contribution in [0.4, 0.5) is 0 Å². The third-order valence-corrected chi connectivity index (χ3v) is 0. The summed E-state index contributed by atoms with van der Waals surface area (Å²) >= 11 is 0. The van der Waals surface area contributed by atoms with Gasteiger partial charge in [-0.25, -0.2) is 0 Å². The van der Waals surface area contributed by atoms with E-state index in [9.17, 15) is 0 Å². The molecule has 0 unspecified atom stereocenters. The molecule has 7 heteroatoms. The molecule has 7 heavy (non-hydrogen) atoms. The van der Waals surface area contributed by atoms with E-state index in [4.69, 9.17) is 0 Å². The quantitative estimate of drug-likeness (QED) is 0.425. The second kappa shape index (κ2) is 295. The van der Waals surface area contributed by atoms with Crippen LogP contribution in [0.1, 0.15) is 0 Å². The molecular formula is H3MnO5V-5. The molecule has 3 N–H and O–H groups in total. The van der Waals surface area contributed by atoms with Crippen LogP contribution in [0, 0.1) is 0 Å². The summed E-state index contributed by atoms with van der Waals surface area (Å²) < 4.78 is 0. The van der Waals surface area contributed by atoms with Crippen LogP contribution in [0.15, 0.2) is 0 Å². The maximum atomic E-state index is 0. The minimum absolute atomic E-state index is 0. The zero-order valence-corrected chi connectivity index (χ0v) is 5.57. The first-order chi connectivity index (χ1) is 0. The molecule has 0 rings (SSSR count). The smallest absolute Gasteiger partial charge is 2.00 e. The van der Waals surface area contributed by atoms with Crippen LogP contribution in [0.5, 0.6) is 0 Å². The van der Waals surface area contributed by atoms with E-state index in [-0.39, 0.29) is 63.0 Å². The van der Waals surface area contributed by atoms with Crippen molar-refractivity contribution in [2.24, 2.45) is 0 Å². The van der Waals surface area contributed by atoms with Gasteiger partial charge in [0.05, 0.1) is 0 Å². The first-order valence-electron chi connectivity index (χ1n) is 0. The zero-order valence-electron chi connectivity index (χ0n) is 3.00. The third-order valence-electron chi connectivity index (χ3n) is 0. The fraction of sp³-hybridized carbons (Fsp3) is 0. The Morgan fingerprint density at radius 2 is 0.714 bits per heavy atom. The largest absolute Gasteiger partial charge is 2.00 e. The van der Waals surface area contributed by atoms with E-state index in [1.54, 1.807) is 0 Å². The number of hydrogen-bond acceptors (Lipinski definition) is 1. The van der Waals surface area contributed by atoms with Gasteiger partial charge in [-0.15, -0.1) is 0 Å². The van der Waals surface area contributed by atoms with Crippen LogP contribution < -0.4 is 0 Å². The fourth-order valence-corrected chi connectivity index (χ4v) is 0. The maximum Gasteiger partial charge on any atom is 2.00 e. The first-order valence-corrected chi connectivity index (χ1v) is 0. The van der Waals surface area contributed by atoms with E-state index in [1.807, 2.05) is 0 Å². The van der Waals surface area contributed by atoms with Crippen LogP contribution in [0.2, 0.25) is 0 Å². The molecule has 0 aliphatic heterocycles. The summed E-state index contributed by atoms with van der Waals surface area (Å²) in [5.41, 5.74) is 0. The Morgan fingerprint density at radius 1 is 0.714 bits per heavy atom. The minimum Gasteiger partial charge on any atom is -2.00 e. The van der Waals surface area contributed by atoms with Gasteiger partial charge in [-0.3, -0.25) is 0 Å². The summed E-state index contributed by atoms with van der Waals surface area (Å²) in [5, 5.41) is 0. The molecule has 0 aromatic rings. The van der Waals surface area contributed by atoms with Crippen molar-refractivity contribution >= 4 is 0 Å². The van der Waals surface area contributed by atoms with E-state index in [0.717, 1.165) is 0 Å². The molecule has 0 aromatic heterocycles. The van der Waals surface area contributed by atoms with E-state index < -0.39 is 0 Å². The fourth-order valence-electron chi connectivity index (χ4n) is 0. The SMILES string of the molecule is O.[Mn+2].[O-2].[O-2].[O-2].[OH-].[V]. The number of rotatable bonds is 0. The topological polar surface area (TPSA) is 147 Å². The first kappa shape index (κ1) is 461. The van der Waals surface area contributed by atoms with Gasteiger partial charge in [0.2, 0.25) is 0 Å². The minimum atomic E-state index is 0. The van der Waals surface area contributed by atoms with Crippen molar-refractivity contribution in [2.75, 3.05) is 0 Å². The molecule has 0 fully saturated rings. The van der Waals surface area contributed by atoms with Crippen LogP contribution in [0.3, 0.4) is 0 Å². The van der Waals surface area contributed by atoms with Gasteiger partial charge in [0.1, 0.15) is 0 Å². The Hall–Kier alpha value is 0.904. The predicted molar refractivity (Wildman–Crippen MR) is 7.61 cm³/mol. The van der Waals surface area contributed by atoms with Crippen molar-refractivity contribution in [1.29, 1.82) is 0 Å². The van der Waals surface area contributed by atoms with Gasteiger partial charge < -0.3 is 27.4 Å². The second-order valence-electron chi connectivity index (χ2n) is 0. The zero-order chi connectivity index (χ0) is 0. The predicted octanol–water partition coefficient (Wildman–Crippen LogP) is -1.36. The standard InChI is InChI=1S/Mn.2H2O.3O.V/h;2*1H2;;;;/q+2;;;3*-2;/p-1. The van der Waals surface area contributed by atoms with E-state index in [0.29, 0.717) is 0 Å². The Labute approximate surface area is 63.4 Å². The maximum absolute atomic E-state index is 0. The molecule has 0 aromatic carbocycles. The summed E-state index contributed by atoms with van der Waals surface area (Å²) in [7, 11) is 0. The van der Waals surface area contributed by atoms with Crippen molar-refractivity contribution in [1.82, 2.24) is 0 Å². The van der Waals surface area contributed by atoms with Crippen molar-refractivity contribution in [3.63, 3.8) is 0 Å². The summed E-state index contributed by atoms with van der Waals surface area (Å²) in [5.74, 6) is 0. The van der Waals surface area contributed by atoms with Crippen molar-refractivity contribution in [2.45, 2.75) is 0 Å². The average molecular weight is 189 g/mol. The molecule has 50 valence electrons. The van der Waals surface area contributed by atoms with Crippen LogP contribution in [0.25, 0.3) is 0 Å². The van der Waals surface area contributed by atoms with Crippen molar-refractivity contribution in [3.05, 3.63) is 0 Å². The van der Waals surface area contributed by atoms with E-state index in [1.165, 1.54) is 0 Å². The Bertz CT molecular complexity index is 8.04. The van der Waals surface area contributed by atoms with E-state index >= 15 is 0 Å². The van der Waals surface area contributed by atoms with Gasteiger partial charge in [0.15, 0.2) is 0 Å². The van der Waals surface area contributed by atoms with Gasteiger partial charge in [0.25, 0.3) is 0 Å². The molecular weight excluding hydrogens is 186 g/mol. The van der Waals surface area contributed by atoms with Gasteiger partial charge in [-0.1, -0.05) is 0 Å². The molecule has 0 heterocycles. The van der Waals surface area contributed by atoms with Gasteiger partial charge in [0, 0.05) is 18.6 Å². The second-order valence-corrected chi connectivity index (χ2v) is 0. The molecule has 0 saturated heterocycles. The summed E-state index contributed by atoms with van der Waals surface area (Å²) in [6.07, 6.45) is 0. The molecule has 0 aliphatic carbocycles. The van der Waals surface area contributed by atoms with Gasteiger partial charge in [-0.05, 0) is 0 Å². The summed E-state index contributed by atoms with van der Waals surface area (Å²) in [6.45, 7) is 0. The average Bonchev–Trinajstić information content (AvgIpc) is 0. The molecule has 0 bridgehead atoms. The van der Waals surface area contributed by atoms with Gasteiger partial charge >= 0.3 is 17.1 Å². The normalized spacial score (nSPS) is 0.